The first-order chi connectivity index (χ1) is 14.6. The first kappa shape index (κ1) is 20.5. The summed E-state index contributed by atoms with van der Waals surface area (Å²) in [7, 11) is 0. The van der Waals surface area contributed by atoms with E-state index in [0.717, 1.165) is 42.4 Å². The molecule has 5 nitrogen and oxygen atoms in total. The number of halogens is 1. The number of hydrogen-bond donors (Lipinski definition) is 0. The fraction of sp³-hybridized carbons (Fsp3) is 0.292. The lowest BCUT2D eigenvalue weighted by Gasteiger charge is -2.32. The molecule has 0 N–H and O–H groups in total. The van der Waals surface area contributed by atoms with Gasteiger partial charge in [0.2, 0.25) is 5.91 Å². The number of nitrogens with zero attached hydrogens (tertiary/aromatic N) is 3. The average molecular weight is 466 g/mol. The minimum absolute atomic E-state index is 0.0238. The Hall–Kier alpha value is -2.73. The normalized spacial score (nSPS) is 14.6. The van der Waals surface area contributed by atoms with Crippen LogP contribution in [0.5, 0.6) is 0 Å². The van der Waals surface area contributed by atoms with Gasteiger partial charge < -0.3 is 4.90 Å². The molecule has 0 unspecified atom stereocenters. The van der Waals surface area contributed by atoms with Crippen LogP contribution in [0, 0.1) is 5.92 Å². The summed E-state index contributed by atoms with van der Waals surface area (Å²) in [5.74, 6) is 0.548. The standard InChI is InChI=1S/C24H24BrN3O2/c25-21-8-4-7-20(16-21)22-9-10-23(29)28(26-22)17-24(30)27-13-11-19(12-14-27)15-18-5-2-1-3-6-18/h1-10,16,19H,11-15,17H2. The van der Waals surface area contributed by atoms with Gasteiger partial charge in [-0.2, -0.15) is 5.10 Å². The van der Waals surface area contributed by atoms with Crippen molar-refractivity contribution >= 4 is 21.8 Å². The molecule has 1 aliphatic heterocycles. The topological polar surface area (TPSA) is 55.2 Å². The molecule has 2 heterocycles. The van der Waals surface area contributed by atoms with Gasteiger partial charge in [0.15, 0.2) is 0 Å². The lowest BCUT2D eigenvalue weighted by molar-refractivity contribution is -0.133. The molecular weight excluding hydrogens is 442 g/mol. The van der Waals surface area contributed by atoms with Gasteiger partial charge in [-0.05, 0) is 48.9 Å². The summed E-state index contributed by atoms with van der Waals surface area (Å²) in [6.45, 7) is 1.44. The molecule has 4 rings (SSSR count). The van der Waals surface area contributed by atoms with E-state index in [-0.39, 0.29) is 18.0 Å². The van der Waals surface area contributed by atoms with E-state index in [4.69, 9.17) is 0 Å². The van der Waals surface area contributed by atoms with Gasteiger partial charge in [0.25, 0.3) is 5.56 Å². The van der Waals surface area contributed by atoms with E-state index < -0.39 is 0 Å². The van der Waals surface area contributed by atoms with Crippen LogP contribution < -0.4 is 5.56 Å². The van der Waals surface area contributed by atoms with Crippen LogP contribution in [-0.2, 0) is 17.8 Å². The number of benzene rings is 2. The third-order valence-electron chi connectivity index (χ3n) is 5.61. The van der Waals surface area contributed by atoms with E-state index in [9.17, 15) is 9.59 Å². The Balaban J connectivity index is 1.38. The summed E-state index contributed by atoms with van der Waals surface area (Å²) in [6, 6.07) is 21.4. The number of hydrogen-bond acceptors (Lipinski definition) is 3. The summed E-state index contributed by atoms with van der Waals surface area (Å²) in [5.41, 5.74) is 2.65. The number of carbonyl (C=O) groups is 1. The smallest absolute Gasteiger partial charge is 0.267 e. The molecule has 1 aliphatic rings. The van der Waals surface area contributed by atoms with Crippen molar-refractivity contribution in [3.8, 4) is 11.3 Å². The first-order valence-electron chi connectivity index (χ1n) is 10.2. The van der Waals surface area contributed by atoms with E-state index in [1.54, 1.807) is 6.07 Å². The number of likely N-dealkylation sites (tertiary alicyclic amines) is 1. The summed E-state index contributed by atoms with van der Waals surface area (Å²) in [6.07, 6.45) is 3.03. The monoisotopic (exact) mass is 465 g/mol. The third-order valence-corrected chi connectivity index (χ3v) is 6.10. The Bertz CT molecular complexity index is 1070. The van der Waals surface area contributed by atoms with Crippen molar-refractivity contribution in [3.05, 3.63) is 87.1 Å². The Morgan fingerprint density at radius 1 is 1.00 bits per heavy atom. The van der Waals surface area contributed by atoms with Crippen LogP contribution in [0.15, 0.2) is 76.0 Å². The zero-order chi connectivity index (χ0) is 20.9. The minimum atomic E-state index is -0.263. The summed E-state index contributed by atoms with van der Waals surface area (Å²) < 4.78 is 2.21. The van der Waals surface area contributed by atoms with Gasteiger partial charge >= 0.3 is 0 Å². The van der Waals surface area contributed by atoms with Crippen LogP contribution in [0.3, 0.4) is 0 Å². The highest BCUT2D eigenvalue weighted by atomic mass is 79.9. The molecule has 154 valence electrons. The van der Waals surface area contributed by atoms with Crippen LogP contribution >= 0.6 is 15.9 Å². The number of aromatic nitrogens is 2. The molecule has 3 aromatic rings. The maximum atomic E-state index is 12.8. The number of rotatable bonds is 5. The molecule has 0 saturated carbocycles. The van der Waals surface area contributed by atoms with E-state index in [2.05, 4.69) is 45.3 Å². The molecule has 1 fully saturated rings. The van der Waals surface area contributed by atoms with Gasteiger partial charge in [0.1, 0.15) is 6.54 Å². The van der Waals surface area contributed by atoms with Crippen molar-refractivity contribution in [1.29, 1.82) is 0 Å². The highest BCUT2D eigenvalue weighted by Crippen LogP contribution is 2.22. The Morgan fingerprint density at radius 3 is 2.50 bits per heavy atom. The maximum absolute atomic E-state index is 12.8. The SMILES string of the molecule is O=C(Cn1nc(-c2cccc(Br)c2)ccc1=O)N1CCC(Cc2ccccc2)CC1. The number of amides is 1. The first-order valence-corrected chi connectivity index (χ1v) is 11.0. The average Bonchev–Trinajstić information content (AvgIpc) is 2.76. The Morgan fingerprint density at radius 2 is 1.77 bits per heavy atom. The summed E-state index contributed by atoms with van der Waals surface area (Å²) >= 11 is 3.45. The fourth-order valence-corrected chi connectivity index (χ4v) is 4.33. The second-order valence-electron chi connectivity index (χ2n) is 7.74. The summed E-state index contributed by atoms with van der Waals surface area (Å²) in [4.78, 5) is 26.9. The third kappa shape index (κ3) is 5.05. The second kappa shape index (κ2) is 9.39. The molecule has 1 amide bonds. The van der Waals surface area contributed by atoms with Crippen molar-refractivity contribution in [2.45, 2.75) is 25.8 Å². The van der Waals surface area contributed by atoms with Crippen LogP contribution in [0.2, 0.25) is 0 Å². The minimum Gasteiger partial charge on any atom is -0.341 e. The van der Waals surface area contributed by atoms with Gasteiger partial charge in [-0.15, -0.1) is 0 Å². The Labute approximate surface area is 184 Å². The number of piperidine rings is 1. The maximum Gasteiger partial charge on any atom is 0.267 e. The van der Waals surface area contributed by atoms with Gasteiger partial charge in [0, 0.05) is 29.2 Å². The van der Waals surface area contributed by atoms with Crippen molar-refractivity contribution in [3.63, 3.8) is 0 Å². The van der Waals surface area contributed by atoms with Crippen LogP contribution in [0.4, 0.5) is 0 Å². The van der Waals surface area contributed by atoms with Crippen molar-refractivity contribution in [1.82, 2.24) is 14.7 Å². The fourth-order valence-electron chi connectivity index (χ4n) is 3.93. The predicted octanol–water partition coefficient (Wildman–Crippen LogP) is 4.15. The second-order valence-corrected chi connectivity index (χ2v) is 8.65. The van der Waals surface area contributed by atoms with E-state index in [1.165, 1.54) is 16.3 Å². The van der Waals surface area contributed by atoms with Crippen LogP contribution in [0.1, 0.15) is 18.4 Å². The summed E-state index contributed by atoms with van der Waals surface area (Å²) in [5, 5.41) is 4.43. The van der Waals surface area contributed by atoms with Crippen LogP contribution in [0.25, 0.3) is 11.3 Å². The van der Waals surface area contributed by atoms with Gasteiger partial charge in [0.05, 0.1) is 5.69 Å². The predicted molar refractivity (Wildman–Crippen MR) is 121 cm³/mol. The molecule has 0 atom stereocenters. The molecule has 0 radical (unpaired) electrons. The molecule has 1 saturated heterocycles. The van der Waals surface area contributed by atoms with Crippen molar-refractivity contribution < 1.29 is 4.79 Å². The van der Waals surface area contributed by atoms with Crippen molar-refractivity contribution in [2.24, 2.45) is 5.92 Å². The molecule has 1 aromatic heterocycles. The van der Waals surface area contributed by atoms with Crippen LogP contribution in [-0.4, -0.2) is 33.7 Å². The molecular formula is C24H24BrN3O2. The van der Waals surface area contributed by atoms with Gasteiger partial charge in [-0.1, -0.05) is 58.4 Å². The Kier molecular flexibility index (Phi) is 6.43. The lowest BCUT2D eigenvalue weighted by Crippen LogP contribution is -2.42. The van der Waals surface area contributed by atoms with Crippen molar-refractivity contribution in [2.75, 3.05) is 13.1 Å². The zero-order valence-electron chi connectivity index (χ0n) is 16.7. The lowest BCUT2D eigenvalue weighted by atomic mass is 9.90. The molecule has 0 bridgehead atoms. The zero-order valence-corrected chi connectivity index (χ0v) is 18.3. The van der Waals surface area contributed by atoms with E-state index in [0.29, 0.717) is 11.6 Å². The van der Waals surface area contributed by atoms with Gasteiger partial charge in [-0.25, -0.2) is 4.68 Å². The highest BCUT2D eigenvalue weighted by Gasteiger charge is 2.23. The quantitative estimate of drug-likeness (QED) is 0.568. The van der Waals surface area contributed by atoms with E-state index in [1.807, 2.05) is 35.2 Å². The molecule has 6 heteroatoms. The number of carbonyl (C=O) groups excluding carboxylic acids is 1. The largest absolute Gasteiger partial charge is 0.341 e. The molecule has 2 aromatic carbocycles. The molecule has 0 spiro atoms. The highest BCUT2D eigenvalue weighted by molar-refractivity contribution is 9.10. The molecule has 30 heavy (non-hydrogen) atoms. The van der Waals surface area contributed by atoms with Gasteiger partial charge in [-0.3, -0.25) is 9.59 Å². The van der Waals surface area contributed by atoms with E-state index >= 15 is 0 Å². The molecule has 0 aliphatic carbocycles.